The van der Waals surface area contributed by atoms with Gasteiger partial charge in [0.2, 0.25) is 0 Å². The average molecular weight is 392 g/mol. The summed E-state index contributed by atoms with van der Waals surface area (Å²) >= 11 is 0.194. The van der Waals surface area contributed by atoms with E-state index >= 15 is 0 Å². The van der Waals surface area contributed by atoms with Crippen molar-refractivity contribution in [3.8, 4) is 0 Å². The van der Waals surface area contributed by atoms with Crippen LogP contribution in [0.4, 0.5) is 9.59 Å². The molecule has 1 aliphatic heterocycles. The Labute approximate surface area is 143 Å². The number of ether oxygens (including phenoxy) is 2. The molecule has 2 amide bonds. The van der Waals surface area contributed by atoms with E-state index < -0.39 is 12.2 Å². The van der Waals surface area contributed by atoms with Crippen LogP contribution >= 0.6 is 20.2 Å². The average Bonchev–Trinajstić information content (AvgIpc) is 2.92. The molecule has 0 aromatic heterocycles. The van der Waals surface area contributed by atoms with Crippen molar-refractivity contribution in [2.45, 2.75) is 20.3 Å². The maximum atomic E-state index is 11.0. The Morgan fingerprint density at radius 1 is 1.23 bits per heavy atom. The molecule has 0 aliphatic carbocycles. The standard InChI is InChI=1S/C12H15N3O4.2ClH.Fe/c1-3-18-11(16)13-7-9-5-6-10(15-9)8-14-12(17)19-4-2;;;/h5,7-8H,3-4,6H2,1-2H3;2*1H;/q;;;+2/p-2/b13-7+,14-8+;;;. The number of carbonyl (C=O) groups excluding carboxylic acids is 2. The van der Waals surface area contributed by atoms with Crippen LogP contribution in [0.2, 0.25) is 0 Å². The minimum atomic E-state index is -0.660. The summed E-state index contributed by atoms with van der Waals surface area (Å²) in [5.74, 6) is 0. The molecule has 124 valence electrons. The van der Waals surface area contributed by atoms with Gasteiger partial charge in [-0.15, -0.1) is 0 Å². The van der Waals surface area contributed by atoms with Crippen LogP contribution in [0.3, 0.4) is 0 Å². The molecule has 7 nitrogen and oxygen atoms in total. The van der Waals surface area contributed by atoms with E-state index in [1.807, 2.05) is 0 Å². The van der Waals surface area contributed by atoms with Gasteiger partial charge in [-0.3, -0.25) is 4.99 Å². The molecule has 0 radical (unpaired) electrons. The van der Waals surface area contributed by atoms with Gasteiger partial charge in [-0.2, -0.15) is 9.98 Å². The van der Waals surface area contributed by atoms with E-state index in [0.717, 1.165) is 0 Å². The Morgan fingerprint density at radius 2 is 1.73 bits per heavy atom. The van der Waals surface area contributed by atoms with Gasteiger partial charge in [-0.1, -0.05) is 6.08 Å². The summed E-state index contributed by atoms with van der Waals surface area (Å²) in [5, 5.41) is 0. The number of nitrogens with zero attached hydrogens (tertiary/aromatic N) is 3. The molecule has 0 aromatic rings. The summed E-state index contributed by atoms with van der Waals surface area (Å²) in [4.78, 5) is 33.2. The Morgan fingerprint density at radius 3 is 2.23 bits per heavy atom. The number of carbonyl (C=O) groups is 2. The fourth-order valence-electron chi connectivity index (χ4n) is 1.20. The number of allylic oxidation sites excluding steroid dienone is 2. The first-order chi connectivity index (χ1) is 10.6. The van der Waals surface area contributed by atoms with Gasteiger partial charge in [0.15, 0.2) is 0 Å². The van der Waals surface area contributed by atoms with Crippen molar-refractivity contribution in [2.75, 3.05) is 13.2 Å². The molecule has 0 saturated heterocycles. The van der Waals surface area contributed by atoms with Crippen molar-refractivity contribution in [2.24, 2.45) is 15.0 Å². The normalized spacial score (nSPS) is 13.6. The second-order valence-electron chi connectivity index (χ2n) is 3.40. The molecule has 1 aliphatic rings. The summed E-state index contributed by atoms with van der Waals surface area (Å²) in [5.41, 5.74) is 1.12. The SMILES string of the molecule is CCOC(=O)/N=C/C1=CCC(/C=N/C(=O)OCC)=N1.[Cl][Fe][Cl]. The van der Waals surface area contributed by atoms with Crippen molar-refractivity contribution < 1.29 is 32.2 Å². The van der Waals surface area contributed by atoms with E-state index in [4.69, 9.17) is 20.2 Å². The third-order valence-corrected chi connectivity index (χ3v) is 1.95. The number of amides is 2. The first kappa shape index (κ1) is 20.8. The molecule has 1 rings (SSSR count). The van der Waals surface area contributed by atoms with Crippen LogP contribution in [0.1, 0.15) is 20.3 Å². The molecule has 0 bridgehead atoms. The van der Waals surface area contributed by atoms with Gasteiger partial charge in [0, 0.05) is 6.42 Å². The fourth-order valence-corrected chi connectivity index (χ4v) is 1.20. The molecule has 0 spiro atoms. The summed E-state index contributed by atoms with van der Waals surface area (Å²) in [6.07, 6.45) is 3.61. The van der Waals surface area contributed by atoms with Crippen molar-refractivity contribution in [1.82, 2.24) is 0 Å². The van der Waals surface area contributed by atoms with Crippen molar-refractivity contribution in [1.29, 1.82) is 0 Å². The first-order valence-corrected chi connectivity index (χ1v) is 9.15. The van der Waals surface area contributed by atoms with Crippen LogP contribution in [-0.2, 0) is 22.6 Å². The van der Waals surface area contributed by atoms with E-state index in [9.17, 15) is 9.59 Å². The zero-order valence-electron chi connectivity index (χ0n) is 11.9. The molecule has 10 heteroatoms. The Kier molecular flexibility index (Phi) is 12.7. The predicted octanol–water partition coefficient (Wildman–Crippen LogP) is 3.55. The van der Waals surface area contributed by atoms with Gasteiger partial charge in [-0.25, -0.2) is 9.59 Å². The van der Waals surface area contributed by atoms with Crippen LogP contribution in [0.5, 0.6) is 0 Å². The van der Waals surface area contributed by atoms with Crippen molar-refractivity contribution >= 4 is 50.5 Å². The topological polar surface area (TPSA) is 89.7 Å². The van der Waals surface area contributed by atoms with E-state index in [1.54, 1.807) is 19.9 Å². The first-order valence-electron chi connectivity index (χ1n) is 6.11. The summed E-state index contributed by atoms with van der Waals surface area (Å²) < 4.78 is 9.27. The monoisotopic (exact) mass is 391 g/mol. The molecule has 0 atom stereocenters. The Bertz CT molecular complexity index is 493. The van der Waals surface area contributed by atoms with Gasteiger partial charge < -0.3 is 9.47 Å². The number of hydrogen-bond acceptors (Lipinski definition) is 5. The van der Waals surface area contributed by atoms with Crippen LogP contribution in [0.25, 0.3) is 0 Å². The minimum absolute atomic E-state index is 0.194. The molecular weight excluding hydrogens is 377 g/mol. The summed E-state index contributed by atoms with van der Waals surface area (Å²) in [6, 6.07) is 0. The van der Waals surface area contributed by atoms with E-state index in [0.29, 0.717) is 17.8 Å². The molecule has 0 N–H and O–H groups in total. The second-order valence-corrected chi connectivity index (χ2v) is 5.22. The van der Waals surface area contributed by atoms with Crippen LogP contribution in [0.15, 0.2) is 26.8 Å². The van der Waals surface area contributed by atoms with Gasteiger partial charge >= 0.3 is 45.5 Å². The van der Waals surface area contributed by atoms with Crippen LogP contribution in [0, 0.1) is 0 Å². The van der Waals surface area contributed by atoms with Gasteiger partial charge in [-0.05, 0) is 13.8 Å². The summed E-state index contributed by atoms with van der Waals surface area (Å²) in [6.45, 7) is 3.95. The third-order valence-electron chi connectivity index (χ3n) is 1.95. The molecule has 1 heterocycles. The predicted molar refractivity (Wildman–Crippen MR) is 82.9 cm³/mol. The summed E-state index contributed by atoms with van der Waals surface area (Å²) in [7, 11) is 9.53. The molecule has 0 unspecified atom stereocenters. The second kappa shape index (κ2) is 13.5. The van der Waals surface area contributed by atoms with Crippen LogP contribution in [-0.4, -0.2) is 43.5 Å². The zero-order chi connectivity index (χ0) is 16.8. The quantitative estimate of drug-likeness (QED) is 0.541. The Balaban J connectivity index is 0.00000135. The fraction of sp³-hybridized carbons (Fsp3) is 0.417. The number of aliphatic imine (C=N–C) groups is 3. The molecule has 0 aromatic carbocycles. The van der Waals surface area contributed by atoms with Gasteiger partial charge in [0.1, 0.15) is 0 Å². The molecule has 0 fully saturated rings. The number of hydrogen-bond donors (Lipinski definition) is 0. The van der Waals surface area contributed by atoms with Crippen LogP contribution < -0.4 is 0 Å². The van der Waals surface area contributed by atoms with Crippen molar-refractivity contribution in [3.05, 3.63) is 11.8 Å². The maximum absolute atomic E-state index is 11.0. The molecule has 0 saturated carbocycles. The van der Waals surface area contributed by atoms with E-state index in [-0.39, 0.29) is 26.3 Å². The van der Waals surface area contributed by atoms with Gasteiger partial charge in [0.05, 0.1) is 37.1 Å². The van der Waals surface area contributed by atoms with E-state index in [1.165, 1.54) is 12.4 Å². The van der Waals surface area contributed by atoms with Gasteiger partial charge in [0.25, 0.3) is 0 Å². The van der Waals surface area contributed by atoms with Crippen molar-refractivity contribution in [3.63, 3.8) is 0 Å². The number of halogens is 2. The third kappa shape index (κ3) is 10.5. The Hall–Kier alpha value is -1.21. The molecule has 22 heavy (non-hydrogen) atoms. The number of rotatable bonds is 4. The molecular formula is C12H15Cl2FeN3O4. The van der Waals surface area contributed by atoms with E-state index in [2.05, 4.69) is 24.5 Å². The zero-order valence-corrected chi connectivity index (χ0v) is 14.6.